The highest BCUT2D eigenvalue weighted by Gasteiger charge is 2.33. The van der Waals surface area contributed by atoms with Crippen molar-refractivity contribution in [2.45, 2.75) is 19.1 Å². The molecular formula is C13H14N4O4. The van der Waals surface area contributed by atoms with Crippen LogP contribution >= 0.6 is 0 Å². The van der Waals surface area contributed by atoms with Crippen molar-refractivity contribution in [2.24, 2.45) is 0 Å². The van der Waals surface area contributed by atoms with Crippen LogP contribution in [0.2, 0.25) is 0 Å². The summed E-state index contributed by atoms with van der Waals surface area (Å²) in [7, 11) is 0. The number of nitrogens with one attached hydrogen (secondary N) is 1. The molecule has 2 aromatic rings. The Morgan fingerprint density at radius 3 is 3.00 bits per heavy atom. The second-order valence-corrected chi connectivity index (χ2v) is 5.16. The first kappa shape index (κ1) is 13.7. The Hall–Kier alpha value is -2.32. The van der Waals surface area contributed by atoms with Gasteiger partial charge in [-0.15, -0.1) is 0 Å². The average Bonchev–Trinajstić information content (AvgIpc) is 2.92. The van der Waals surface area contributed by atoms with Crippen molar-refractivity contribution in [1.82, 2.24) is 15.5 Å². The van der Waals surface area contributed by atoms with E-state index in [-0.39, 0.29) is 17.9 Å². The fraction of sp³-hybridized carbons (Fsp3) is 0.385. The van der Waals surface area contributed by atoms with Gasteiger partial charge in [-0.2, -0.15) is 4.98 Å². The molecule has 8 nitrogen and oxygen atoms in total. The van der Waals surface area contributed by atoms with Crippen molar-refractivity contribution < 1.29 is 14.2 Å². The van der Waals surface area contributed by atoms with Crippen LogP contribution in [-0.2, 0) is 11.3 Å². The van der Waals surface area contributed by atoms with Crippen LogP contribution in [0.3, 0.4) is 0 Å². The minimum absolute atomic E-state index is 0.0110. The van der Waals surface area contributed by atoms with Gasteiger partial charge in [0.2, 0.25) is 5.82 Å². The number of hydrogen-bond acceptors (Lipinski definition) is 7. The number of nitro benzene ring substituents is 1. The molecule has 0 spiro atoms. The smallest absolute Gasteiger partial charge is 0.270 e. The number of nitrogens with zero attached hydrogens (tertiary/aromatic N) is 3. The number of non-ortho nitro benzene ring substituents is 1. The monoisotopic (exact) mass is 290 g/mol. The molecule has 21 heavy (non-hydrogen) atoms. The Labute approximate surface area is 120 Å². The molecule has 0 amide bonds. The Morgan fingerprint density at radius 1 is 1.52 bits per heavy atom. The lowest BCUT2D eigenvalue weighted by Gasteiger charge is -2.38. The first-order valence-electron chi connectivity index (χ1n) is 6.48. The quantitative estimate of drug-likeness (QED) is 0.657. The third kappa shape index (κ3) is 2.91. The van der Waals surface area contributed by atoms with Gasteiger partial charge in [-0.25, -0.2) is 0 Å². The SMILES string of the molecule is CC1(OCc2nc(-c3cccc([N+](=O)[O-])c3)no2)CNC1. The Bertz CT molecular complexity index is 666. The van der Waals surface area contributed by atoms with Crippen LogP contribution in [0.4, 0.5) is 5.69 Å². The van der Waals surface area contributed by atoms with Crippen LogP contribution in [0.15, 0.2) is 28.8 Å². The van der Waals surface area contributed by atoms with Gasteiger partial charge in [0, 0.05) is 30.8 Å². The zero-order valence-electron chi connectivity index (χ0n) is 11.4. The molecular weight excluding hydrogens is 276 g/mol. The zero-order valence-corrected chi connectivity index (χ0v) is 11.4. The molecule has 1 N–H and O–H groups in total. The molecule has 0 atom stereocenters. The number of hydrogen-bond donors (Lipinski definition) is 1. The third-order valence-electron chi connectivity index (χ3n) is 3.33. The van der Waals surface area contributed by atoms with Crippen LogP contribution in [0.5, 0.6) is 0 Å². The number of aromatic nitrogens is 2. The Morgan fingerprint density at radius 2 is 2.33 bits per heavy atom. The van der Waals surface area contributed by atoms with Crippen LogP contribution in [-0.4, -0.2) is 33.8 Å². The van der Waals surface area contributed by atoms with Gasteiger partial charge in [0.25, 0.3) is 11.6 Å². The van der Waals surface area contributed by atoms with Gasteiger partial charge in [0.05, 0.1) is 10.5 Å². The molecule has 1 saturated heterocycles. The first-order chi connectivity index (χ1) is 10.1. The van der Waals surface area contributed by atoms with Crippen LogP contribution < -0.4 is 5.32 Å². The van der Waals surface area contributed by atoms with E-state index in [4.69, 9.17) is 9.26 Å². The van der Waals surface area contributed by atoms with E-state index >= 15 is 0 Å². The summed E-state index contributed by atoms with van der Waals surface area (Å²) in [5, 5.41) is 17.7. The van der Waals surface area contributed by atoms with E-state index < -0.39 is 4.92 Å². The fourth-order valence-electron chi connectivity index (χ4n) is 2.00. The second-order valence-electron chi connectivity index (χ2n) is 5.16. The summed E-state index contributed by atoms with van der Waals surface area (Å²) in [6.45, 7) is 3.80. The number of ether oxygens (including phenoxy) is 1. The van der Waals surface area contributed by atoms with Crippen LogP contribution in [0.1, 0.15) is 12.8 Å². The van der Waals surface area contributed by atoms with E-state index in [2.05, 4.69) is 15.5 Å². The van der Waals surface area contributed by atoms with Crippen LogP contribution in [0, 0.1) is 10.1 Å². The van der Waals surface area contributed by atoms with E-state index in [1.165, 1.54) is 12.1 Å². The van der Waals surface area contributed by atoms with Gasteiger partial charge >= 0.3 is 0 Å². The molecule has 1 fully saturated rings. The van der Waals surface area contributed by atoms with Gasteiger partial charge in [-0.05, 0) is 6.92 Å². The van der Waals surface area contributed by atoms with Crippen molar-refractivity contribution in [1.29, 1.82) is 0 Å². The van der Waals surface area contributed by atoms with Crippen molar-refractivity contribution in [2.75, 3.05) is 13.1 Å². The summed E-state index contributed by atoms with van der Waals surface area (Å²) in [6.07, 6.45) is 0. The molecule has 110 valence electrons. The van der Waals surface area contributed by atoms with Crippen molar-refractivity contribution in [3.63, 3.8) is 0 Å². The van der Waals surface area contributed by atoms with Crippen molar-refractivity contribution in [3.8, 4) is 11.4 Å². The molecule has 3 rings (SSSR count). The maximum absolute atomic E-state index is 10.8. The van der Waals surface area contributed by atoms with Crippen molar-refractivity contribution >= 4 is 5.69 Å². The molecule has 1 aromatic heterocycles. The fourth-order valence-corrected chi connectivity index (χ4v) is 2.00. The number of rotatable bonds is 5. The normalized spacial score (nSPS) is 16.4. The highest BCUT2D eigenvalue weighted by Crippen LogP contribution is 2.22. The summed E-state index contributed by atoms with van der Waals surface area (Å²) >= 11 is 0. The molecule has 8 heteroatoms. The predicted octanol–water partition coefficient (Wildman–Crippen LogP) is 1.52. The van der Waals surface area contributed by atoms with Gasteiger partial charge in [-0.1, -0.05) is 17.3 Å². The average molecular weight is 290 g/mol. The summed E-state index contributed by atoms with van der Waals surface area (Å²) in [5.41, 5.74) is 0.332. The van der Waals surface area contributed by atoms with Gasteiger partial charge in [0.15, 0.2) is 0 Å². The minimum atomic E-state index is -0.460. The minimum Gasteiger partial charge on any atom is -0.363 e. The van der Waals surface area contributed by atoms with Crippen LogP contribution in [0.25, 0.3) is 11.4 Å². The lowest BCUT2D eigenvalue weighted by atomic mass is 10.0. The van der Waals surface area contributed by atoms with E-state index in [1.54, 1.807) is 12.1 Å². The summed E-state index contributed by atoms with van der Waals surface area (Å²) < 4.78 is 10.8. The Kier molecular flexibility index (Phi) is 3.40. The standard InChI is InChI=1S/C13H14N4O4/c1-13(7-14-8-13)20-6-11-15-12(16-21-11)9-3-2-4-10(5-9)17(18)19/h2-5,14H,6-8H2,1H3. The summed E-state index contributed by atoms with van der Waals surface area (Å²) in [6, 6.07) is 6.10. The largest absolute Gasteiger partial charge is 0.363 e. The molecule has 0 radical (unpaired) electrons. The van der Waals surface area contributed by atoms with Gasteiger partial charge < -0.3 is 14.6 Å². The molecule has 0 unspecified atom stereocenters. The van der Waals surface area contributed by atoms with E-state index in [1.807, 2.05) is 6.92 Å². The molecule has 1 aromatic carbocycles. The van der Waals surface area contributed by atoms with E-state index in [0.717, 1.165) is 13.1 Å². The molecule has 1 aliphatic rings. The van der Waals surface area contributed by atoms with E-state index in [0.29, 0.717) is 17.3 Å². The van der Waals surface area contributed by atoms with Crippen molar-refractivity contribution in [3.05, 3.63) is 40.3 Å². The van der Waals surface area contributed by atoms with Gasteiger partial charge in [0.1, 0.15) is 6.61 Å². The third-order valence-corrected chi connectivity index (χ3v) is 3.33. The highest BCUT2D eigenvalue weighted by atomic mass is 16.6. The first-order valence-corrected chi connectivity index (χ1v) is 6.48. The highest BCUT2D eigenvalue weighted by molar-refractivity contribution is 5.58. The topological polar surface area (TPSA) is 103 Å². The maximum atomic E-state index is 10.8. The molecule has 1 aliphatic heterocycles. The number of benzene rings is 1. The predicted molar refractivity (Wildman–Crippen MR) is 72.5 cm³/mol. The maximum Gasteiger partial charge on any atom is 0.270 e. The van der Waals surface area contributed by atoms with E-state index in [9.17, 15) is 10.1 Å². The molecule has 0 aliphatic carbocycles. The lowest BCUT2D eigenvalue weighted by Crippen LogP contribution is -2.58. The second kappa shape index (κ2) is 5.23. The number of nitro groups is 1. The molecule has 2 heterocycles. The summed E-state index contributed by atoms with van der Waals surface area (Å²) in [4.78, 5) is 14.5. The van der Waals surface area contributed by atoms with Gasteiger partial charge in [-0.3, -0.25) is 10.1 Å². The molecule has 0 saturated carbocycles. The Balaban J connectivity index is 1.72. The summed E-state index contributed by atoms with van der Waals surface area (Å²) in [5.74, 6) is 0.666. The lowest BCUT2D eigenvalue weighted by molar-refractivity contribution is -0.384. The molecule has 0 bridgehead atoms. The zero-order chi connectivity index (χ0) is 14.9.